The van der Waals surface area contributed by atoms with Gasteiger partial charge in [-0.1, -0.05) is 13.3 Å². The summed E-state index contributed by atoms with van der Waals surface area (Å²) < 4.78 is 20.8. The van der Waals surface area contributed by atoms with E-state index in [0.717, 1.165) is 19.4 Å². The zero-order chi connectivity index (χ0) is 15.3. The normalized spacial score (nSPS) is 10.4. The average molecular weight is 296 g/mol. The second-order valence-corrected chi connectivity index (χ2v) is 4.44. The standard InChI is InChI=1S/C16H24O5/c1-3-4-9-19-10-11-20-12-13-21-16(17)14-5-7-15(18-2)8-6-14/h5-8H,3-4,9-13H2,1-2H3. The van der Waals surface area contributed by atoms with Crippen LogP contribution in [-0.2, 0) is 14.2 Å². The summed E-state index contributed by atoms with van der Waals surface area (Å²) >= 11 is 0. The Labute approximate surface area is 126 Å². The zero-order valence-corrected chi connectivity index (χ0v) is 12.8. The molecule has 0 fully saturated rings. The average Bonchev–Trinajstić information content (AvgIpc) is 2.53. The van der Waals surface area contributed by atoms with E-state index in [1.807, 2.05) is 0 Å². The van der Waals surface area contributed by atoms with Crippen molar-refractivity contribution in [3.8, 4) is 5.75 Å². The minimum atomic E-state index is -0.361. The zero-order valence-electron chi connectivity index (χ0n) is 12.8. The van der Waals surface area contributed by atoms with Crippen molar-refractivity contribution in [2.24, 2.45) is 0 Å². The van der Waals surface area contributed by atoms with Gasteiger partial charge in [-0.3, -0.25) is 0 Å². The highest BCUT2D eigenvalue weighted by Gasteiger charge is 2.06. The van der Waals surface area contributed by atoms with Crippen molar-refractivity contribution < 1.29 is 23.7 Å². The van der Waals surface area contributed by atoms with Gasteiger partial charge in [0, 0.05) is 6.61 Å². The van der Waals surface area contributed by atoms with Gasteiger partial charge < -0.3 is 18.9 Å². The number of hydrogen-bond acceptors (Lipinski definition) is 5. The first-order chi connectivity index (χ1) is 10.3. The molecule has 0 radical (unpaired) electrons. The molecule has 1 rings (SSSR count). The lowest BCUT2D eigenvalue weighted by atomic mass is 10.2. The molecule has 0 saturated carbocycles. The second-order valence-electron chi connectivity index (χ2n) is 4.44. The van der Waals surface area contributed by atoms with Gasteiger partial charge in [-0.2, -0.15) is 0 Å². The van der Waals surface area contributed by atoms with Crippen molar-refractivity contribution in [3.63, 3.8) is 0 Å². The third-order valence-electron chi connectivity index (χ3n) is 2.80. The van der Waals surface area contributed by atoms with Crippen molar-refractivity contribution in [1.82, 2.24) is 0 Å². The van der Waals surface area contributed by atoms with Crippen LogP contribution in [0.2, 0.25) is 0 Å². The van der Waals surface area contributed by atoms with Gasteiger partial charge in [0.15, 0.2) is 0 Å². The lowest BCUT2D eigenvalue weighted by molar-refractivity contribution is 0.0143. The molecule has 0 saturated heterocycles. The van der Waals surface area contributed by atoms with Crippen LogP contribution in [-0.4, -0.2) is 46.1 Å². The first-order valence-corrected chi connectivity index (χ1v) is 7.24. The van der Waals surface area contributed by atoms with Crippen LogP contribution in [0.4, 0.5) is 0 Å². The summed E-state index contributed by atoms with van der Waals surface area (Å²) in [7, 11) is 1.58. The van der Waals surface area contributed by atoms with Crippen LogP contribution in [0, 0.1) is 0 Å². The maximum absolute atomic E-state index is 11.7. The Morgan fingerprint density at radius 3 is 2.19 bits per heavy atom. The summed E-state index contributed by atoms with van der Waals surface area (Å²) in [4.78, 5) is 11.7. The maximum Gasteiger partial charge on any atom is 0.338 e. The van der Waals surface area contributed by atoms with Crippen LogP contribution in [0.25, 0.3) is 0 Å². The van der Waals surface area contributed by atoms with Crippen LogP contribution >= 0.6 is 0 Å². The van der Waals surface area contributed by atoms with E-state index in [2.05, 4.69) is 6.92 Å². The van der Waals surface area contributed by atoms with Gasteiger partial charge in [0.1, 0.15) is 12.4 Å². The van der Waals surface area contributed by atoms with Gasteiger partial charge >= 0.3 is 5.97 Å². The highest BCUT2D eigenvalue weighted by Crippen LogP contribution is 2.11. The number of rotatable bonds is 11. The molecular formula is C16H24O5. The van der Waals surface area contributed by atoms with Gasteiger partial charge in [-0.25, -0.2) is 4.79 Å². The largest absolute Gasteiger partial charge is 0.497 e. The van der Waals surface area contributed by atoms with Crippen LogP contribution in [0.1, 0.15) is 30.1 Å². The predicted octanol–water partition coefficient (Wildman–Crippen LogP) is 2.69. The molecule has 0 heterocycles. The highest BCUT2D eigenvalue weighted by molar-refractivity contribution is 5.89. The molecule has 0 aliphatic heterocycles. The molecule has 0 unspecified atom stereocenters. The van der Waals surface area contributed by atoms with Crippen molar-refractivity contribution in [1.29, 1.82) is 0 Å². The minimum Gasteiger partial charge on any atom is -0.497 e. The molecule has 0 aliphatic rings. The predicted molar refractivity (Wildman–Crippen MR) is 79.8 cm³/mol. The molecule has 0 aliphatic carbocycles. The smallest absolute Gasteiger partial charge is 0.338 e. The molecule has 0 amide bonds. The van der Waals surface area contributed by atoms with Crippen molar-refractivity contribution in [2.45, 2.75) is 19.8 Å². The molecule has 118 valence electrons. The number of benzene rings is 1. The van der Waals surface area contributed by atoms with E-state index in [-0.39, 0.29) is 12.6 Å². The van der Waals surface area contributed by atoms with Gasteiger partial charge in [-0.05, 0) is 30.7 Å². The minimum absolute atomic E-state index is 0.236. The first kappa shape index (κ1) is 17.5. The highest BCUT2D eigenvalue weighted by atomic mass is 16.6. The molecular weight excluding hydrogens is 272 g/mol. The molecule has 21 heavy (non-hydrogen) atoms. The summed E-state index contributed by atoms with van der Waals surface area (Å²) in [6.07, 6.45) is 2.20. The SMILES string of the molecule is CCCCOCCOCCOC(=O)c1ccc(OC)cc1. The van der Waals surface area contributed by atoms with Crippen LogP contribution in [0.5, 0.6) is 5.75 Å². The third kappa shape index (κ3) is 7.68. The number of hydrogen-bond donors (Lipinski definition) is 0. The fourth-order valence-electron chi connectivity index (χ4n) is 1.57. The summed E-state index contributed by atoms with van der Waals surface area (Å²) in [5, 5.41) is 0. The van der Waals surface area contributed by atoms with E-state index in [1.54, 1.807) is 31.4 Å². The Morgan fingerprint density at radius 1 is 0.952 bits per heavy atom. The molecule has 1 aromatic rings. The van der Waals surface area contributed by atoms with Crippen LogP contribution in [0.15, 0.2) is 24.3 Å². The molecule has 0 atom stereocenters. The third-order valence-corrected chi connectivity index (χ3v) is 2.80. The topological polar surface area (TPSA) is 54.0 Å². The molecule has 0 N–H and O–H groups in total. The monoisotopic (exact) mass is 296 g/mol. The number of ether oxygens (including phenoxy) is 4. The number of unbranched alkanes of at least 4 members (excludes halogenated alkanes) is 1. The fourth-order valence-corrected chi connectivity index (χ4v) is 1.57. The van der Waals surface area contributed by atoms with Gasteiger partial charge in [0.05, 0.1) is 32.5 Å². The van der Waals surface area contributed by atoms with Crippen LogP contribution in [0.3, 0.4) is 0 Å². The Kier molecular flexibility index (Phi) is 9.24. The van der Waals surface area contributed by atoms with Gasteiger partial charge in [0.2, 0.25) is 0 Å². The van der Waals surface area contributed by atoms with Crippen molar-refractivity contribution >= 4 is 5.97 Å². The quantitative estimate of drug-likeness (QED) is 0.464. The Balaban J connectivity index is 2.05. The van der Waals surface area contributed by atoms with E-state index in [4.69, 9.17) is 18.9 Å². The first-order valence-electron chi connectivity index (χ1n) is 7.24. The van der Waals surface area contributed by atoms with E-state index >= 15 is 0 Å². The summed E-state index contributed by atoms with van der Waals surface area (Å²) in [5.41, 5.74) is 0.499. The number of carbonyl (C=O) groups excluding carboxylic acids is 1. The molecule has 5 nitrogen and oxygen atoms in total. The summed E-state index contributed by atoms with van der Waals surface area (Å²) in [6, 6.07) is 6.79. The van der Waals surface area contributed by atoms with Gasteiger partial charge in [-0.15, -0.1) is 0 Å². The number of esters is 1. The molecule has 0 bridgehead atoms. The summed E-state index contributed by atoms with van der Waals surface area (Å²) in [6.45, 7) is 4.60. The van der Waals surface area contributed by atoms with Crippen molar-refractivity contribution in [2.75, 3.05) is 40.1 Å². The number of methoxy groups -OCH3 is 1. The fraction of sp³-hybridized carbons (Fsp3) is 0.562. The van der Waals surface area contributed by atoms with E-state index in [0.29, 0.717) is 31.1 Å². The molecule has 0 aromatic heterocycles. The van der Waals surface area contributed by atoms with Crippen LogP contribution < -0.4 is 4.74 Å². The molecule has 1 aromatic carbocycles. The lowest BCUT2D eigenvalue weighted by Crippen LogP contribution is -2.13. The Bertz CT molecular complexity index is 388. The molecule has 5 heteroatoms. The van der Waals surface area contributed by atoms with E-state index in [9.17, 15) is 4.79 Å². The Hall–Kier alpha value is -1.59. The maximum atomic E-state index is 11.7. The number of carbonyl (C=O) groups is 1. The van der Waals surface area contributed by atoms with Crippen molar-refractivity contribution in [3.05, 3.63) is 29.8 Å². The summed E-state index contributed by atoms with van der Waals surface area (Å²) in [5.74, 6) is 0.346. The Morgan fingerprint density at radius 2 is 1.57 bits per heavy atom. The van der Waals surface area contributed by atoms with Gasteiger partial charge in [0.25, 0.3) is 0 Å². The molecule has 0 spiro atoms. The van der Waals surface area contributed by atoms with E-state index in [1.165, 1.54) is 0 Å². The second kappa shape index (κ2) is 11.1. The lowest BCUT2D eigenvalue weighted by Gasteiger charge is -2.07. The van der Waals surface area contributed by atoms with E-state index < -0.39 is 0 Å².